The van der Waals surface area contributed by atoms with E-state index < -0.39 is 25.3 Å². The van der Waals surface area contributed by atoms with Gasteiger partial charge >= 0.3 is 13.6 Å². The van der Waals surface area contributed by atoms with Gasteiger partial charge in [-0.3, -0.25) is 4.57 Å². The fraction of sp³-hybridized carbons (Fsp3) is 0.571. The molecule has 0 heterocycles. The molecule has 0 amide bonds. The molecule has 0 aromatic heterocycles. The second-order valence-corrected chi connectivity index (χ2v) is 10.4. The molecule has 0 spiro atoms. The summed E-state index contributed by atoms with van der Waals surface area (Å²) in [5, 5.41) is 0. The molecule has 1 aliphatic rings. The number of hydrogen-bond donors (Lipinski definition) is 0. The lowest BCUT2D eigenvalue weighted by molar-refractivity contribution is -0.139. The average Bonchev–Trinajstić information content (AvgIpc) is 2.84. The van der Waals surface area contributed by atoms with Crippen molar-refractivity contribution in [2.45, 2.75) is 58.2 Å². The number of esters is 1. The molecule has 0 saturated heterocycles. The highest BCUT2D eigenvalue weighted by Crippen LogP contribution is 2.54. The monoisotopic (exact) mass is 404 g/mol. The van der Waals surface area contributed by atoms with Gasteiger partial charge in [0, 0.05) is 12.7 Å². The summed E-state index contributed by atoms with van der Waals surface area (Å²) in [4.78, 5) is 12.0. The molecule has 2 unspecified atom stereocenters. The molecule has 1 saturated carbocycles. The summed E-state index contributed by atoms with van der Waals surface area (Å²) in [6, 6.07) is 9.52. The summed E-state index contributed by atoms with van der Waals surface area (Å²) in [6.07, 6.45) is 3.50. The van der Waals surface area contributed by atoms with E-state index >= 15 is 0 Å². The Kier molecular flexibility index (Phi) is 7.72. The number of ether oxygens (including phenoxy) is 1. The number of carbonyl (C=O) groups excluding carboxylic acids is 1. The van der Waals surface area contributed by atoms with Crippen LogP contribution in [0.4, 0.5) is 0 Å². The van der Waals surface area contributed by atoms with Crippen molar-refractivity contribution in [3.05, 3.63) is 48.0 Å². The molecule has 2 radical (unpaired) electrons. The molecule has 0 bridgehead atoms. The molecule has 5 atom stereocenters. The van der Waals surface area contributed by atoms with Crippen molar-refractivity contribution in [3.8, 4) is 0 Å². The fourth-order valence-electron chi connectivity index (χ4n) is 3.44. The number of allylic oxidation sites excluding steroid dienone is 1. The van der Waals surface area contributed by atoms with Gasteiger partial charge in [0.25, 0.3) is 0 Å². The molecular formula is C21H30BO5P. The van der Waals surface area contributed by atoms with E-state index in [-0.39, 0.29) is 24.3 Å². The highest BCUT2D eigenvalue weighted by Gasteiger charge is 2.41. The summed E-state index contributed by atoms with van der Waals surface area (Å²) in [5.41, 5.74) is 0.365. The molecule has 5 nitrogen and oxygen atoms in total. The summed E-state index contributed by atoms with van der Waals surface area (Å²) in [7, 11) is 2.98. The lowest BCUT2D eigenvalue weighted by atomic mass is 9.83. The van der Waals surface area contributed by atoms with Crippen LogP contribution < -0.4 is 0 Å². The molecule has 2 rings (SSSR count). The maximum absolute atomic E-state index is 12.7. The minimum atomic E-state index is -3.24. The Bertz CT molecular complexity index is 728. The van der Waals surface area contributed by atoms with Gasteiger partial charge in [0.2, 0.25) is 0 Å². The Morgan fingerprint density at radius 2 is 1.93 bits per heavy atom. The average molecular weight is 404 g/mol. The minimum absolute atomic E-state index is 0.00465. The standard InChI is InChI=1S/C21H30BO5P/c1-15-17(11-12-19(23)25-14-16-9-7-6-8-10-16)13-18(22)20(15)26-28(5,24)27-21(2,3)4/h6-12,15,17-18,20H,13-14H2,1-5H3/b12-11+/t15?,17-,18+,20-,28?/m0/s1. The molecular weight excluding hydrogens is 374 g/mol. The number of hydrogen-bond acceptors (Lipinski definition) is 5. The van der Waals surface area contributed by atoms with Crippen LogP contribution in [0.15, 0.2) is 42.5 Å². The lowest BCUT2D eigenvalue weighted by Gasteiger charge is -2.30. The molecule has 28 heavy (non-hydrogen) atoms. The lowest BCUT2D eigenvalue weighted by Crippen LogP contribution is -2.24. The van der Waals surface area contributed by atoms with Gasteiger partial charge in [0.1, 0.15) is 6.61 Å². The van der Waals surface area contributed by atoms with Gasteiger partial charge in [-0.15, -0.1) is 0 Å². The Morgan fingerprint density at radius 3 is 2.54 bits per heavy atom. The molecule has 0 aliphatic heterocycles. The van der Waals surface area contributed by atoms with Crippen molar-refractivity contribution in [2.75, 3.05) is 6.66 Å². The second kappa shape index (κ2) is 9.43. The number of carbonyl (C=O) groups is 1. The first-order valence-electron chi connectivity index (χ1n) is 9.58. The molecule has 1 aromatic carbocycles. The quantitative estimate of drug-likeness (QED) is 0.279. The Hall–Kier alpha value is -1.36. The maximum atomic E-state index is 12.7. The first-order chi connectivity index (χ1) is 13.0. The van der Waals surface area contributed by atoms with Crippen LogP contribution >= 0.6 is 7.60 Å². The third-order valence-electron chi connectivity index (χ3n) is 4.62. The largest absolute Gasteiger partial charge is 0.458 e. The molecule has 0 N–H and O–H groups in total. The van der Waals surface area contributed by atoms with Crippen LogP contribution in [0.2, 0.25) is 5.82 Å². The van der Waals surface area contributed by atoms with Crippen LogP contribution in [0.3, 0.4) is 0 Å². The molecule has 152 valence electrons. The second-order valence-electron chi connectivity index (χ2n) is 8.42. The van der Waals surface area contributed by atoms with Crippen LogP contribution in [0.5, 0.6) is 0 Å². The van der Waals surface area contributed by atoms with Crippen molar-refractivity contribution in [3.63, 3.8) is 0 Å². The van der Waals surface area contributed by atoms with Gasteiger partial charge in [-0.05, 0) is 44.6 Å². The van der Waals surface area contributed by atoms with E-state index in [9.17, 15) is 9.36 Å². The van der Waals surface area contributed by atoms with E-state index in [1.165, 1.54) is 12.7 Å². The number of benzene rings is 1. The van der Waals surface area contributed by atoms with E-state index in [0.29, 0.717) is 6.42 Å². The zero-order valence-electron chi connectivity index (χ0n) is 17.3. The van der Waals surface area contributed by atoms with E-state index in [4.69, 9.17) is 21.6 Å². The van der Waals surface area contributed by atoms with E-state index in [1.807, 2.05) is 64.1 Å². The van der Waals surface area contributed by atoms with Crippen molar-refractivity contribution in [1.29, 1.82) is 0 Å². The van der Waals surface area contributed by atoms with Crippen LogP contribution in [0.25, 0.3) is 0 Å². The van der Waals surface area contributed by atoms with Crippen molar-refractivity contribution in [1.82, 2.24) is 0 Å². The summed E-state index contributed by atoms with van der Waals surface area (Å²) in [5.74, 6) is -0.628. The third kappa shape index (κ3) is 7.23. The van der Waals surface area contributed by atoms with Gasteiger partial charge in [0.05, 0.1) is 19.6 Å². The smallest absolute Gasteiger partial charge is 0.330 e. The maximum Gasteiger partial charge on any atom is 0.330 e. The molecule has 7 heteroatoms. The van der Waals surface area contributed by atoms with Gasteiger partial charge in [-0.1, -0.05) is 49.1 Å². The van der Waals surface area contributed by atoms with Crippen LogP contribution in [-0.4, -0.2) is 32.2 Å². The van der Waals surface area contributed by atoms with Crippen molar-refractivity contribution < 1.29 is 23.1 Å². The van der Waals surface area contributed by atoms with Gasteiger partial charge in [-0.2, -0.15) is 0 Å². The van der Waals surface area contributed by atoms with E-state index in [0.717, 1.165) is 5.56 Å². The van der Waals surface area contributed by atoms with Gasteiger partial charge < -0.3 is 13.8 Å². The number of rotatable bonds is 7. The highest BCUT2D eigenvalue weighted by molar-refractivity contribution is 7.53. The van der Waals surface area contributed by atoms with Crippen molar-refractivity contribution in [2.24, 2.45) is 11.8 Å². The zero-order valence-corrected chi connectivity index (χ0v) is 18.2. The predicted octanol–water partition coefficient (Wildman–Crippen LogP) is 4.92. The first-order valence-corrected chi connectivity index (χ1v) is 11.6. The summed E-state index contributed by atoms with van der Waals surface area (Å²) in [6.45, 7) is 9.19. The normalized spacial score (nSPS) is 27.6. The minimum Gasteiger partial charge on any atom is -0.458 e. The van der Waals surface area contributed by atoms with E-state index in [1.54, 1.807) is 0 Å². The predicted molar refractivity (Wildman–Crippen MR) is 111 cm³/mol. The van der Waals surface area contributed by atoms with Crippen LogP contribution in [-0.2, 0) is 29.8 Å². The van der Waals surface area contributed by atoms with Crippen molar-refractivity contribution >= 4 is 21.4 Å². The first kappa shape index (κ1) is 22.9. The Morgan fingerprint density at radius 1 is 1.29 bits per heavy atom. The Balaban J connectivity index is 1.90. The Labute approximate surface area is 169 Å². The van der Waals surface area contributed by atoms with Crippen LogP contribution in [0.1, 0.15) is 39.7 Å². The van der Waals surface area contributed by atoms with Crippen LogP contribution in [0, 0.1) is 11.8 Å². The highest BCUT2D eigenvalue weighted by atomic mass is 31.2. The van der Waals surface area contributed by atoms with Gasteiger partial charge in [-0.25, -0.2) is 4.79 Å². The van der Waals surface area contributed by atoms with Gasteiger partial charge in [0.15, 0.2) is 0 Å². The van der Waals surface area contributed by atoms with E-state index in [2.05, 4.69) is 0 Å². The zero-order chi connectivity index (χ0) is 20.9. The molecule has 1 aliphatic carbocycles. The SMILES string of the molecule is [B][C@@H]1C[C@H](/C=C/C(=O)OCc2ccccc2)C(C)[C@@H]1OP(C)(=O)OC(C)(C)C. The molecule has 1 fully saturated rings. The molecule has 1 aromatic rings. The summed E-state index contributed by atoms with van der Waals surface area (Å²) >= 11 is 0. The third-order valence-corrected chi connectivity index (χ3v) is 6.12. The summed E-state index contributed by atoms with van der Waals surface area (Å²) < 4.78 is 29.3. The topological polar surface area (TPSA) is 61.8 Å². The fourth-order valence-corrected chi connectivity index (χ4v) is 5.27.